The van der Waals surface area contributed by atoms with Crippen LogP contribution in [-0.4, -0.2) is 48.6 Å². The van der Waals surface area contributed by atoms with Crippen molar-refractivity contribution in [1.82, 2.24) is 15.2 Å². The van der Waals surface area contributed by atoms with Crippen molar-refractivity contribution >= 4 is 17.2 Å². The second kappa shape index (κ2) is 10.2. The predicted octanol–water partition coefficient (Wildman–Crippen LogP) is 4.14. The second-order valence-corrected chi connectivity index (χ2v) is 8.88. The molecule has 1 aromatic carbocycles. The van der Waals surface area contributed by atoms with Gasteiger partial charge in [-0.1, -0.05) is 18.2 Å². The number of carbonyl (C=O) groups is 1. The van der Waals surface area contributed by atoms with Gasteiger partial charge in [-0.15, -0.1) is 11.3 Å². The van der Waals surface area contributed by atoms with Crippen LogP contribution in [0.2, 0.25) is 0 Å². The van der Waals surface area contributed by atoms with E-state index in [4.69, 9.17) is 9.15 Å². The summed E-state index contributed by atoms with van der Waals surface area (Å²) in [5, 5.41) is 5.19. The number of rotatable bonds is 8. The molecule has 0 radical (unpaired) electrons. The number of morpholine rings is 1. The van der Waals surface area contributed by atoms with E-state index in [0.717, 1.165) is 37.6 Å². The summed E-state index contributed by atoms with van der Waals surface area (Å²) in [6, 6.07) is 10.6. The minimum atomic E-state index is 0.0146. The number of nitrogens with zero attached hydrogens (tertiary/aromatic N) is 2. The number of amides is 1. The maximum atomic E-state index is 12.5. The fraction of sp³-hybridized carbons (Fsp3) is 0.417. The summed E-state index contributed by atoms with van der Waals surface area (Å²) < 4.78 is 11.4. The van der Waals surface area contributed by atoms with E-state index in [0.29, 0.717) is 25.3 Å². The highest BCUT2D eigenvalue weighted by Gasteiger charge is 2.24. The van der Waals surface area contributed by atoms with Crippen LogP contribution < -0.4 is 5.32 Å². The standard InChI is InChI=1S/C24H29N3O3S/c1-17-5-6-19(14-18(17)2)21-16-26-24(30-21)8-7-23(28)25-15-20(22-4-3-13-31-22)27-9-11-29-12-10-27/h3-6,13-14,16,20H,7-12,15H2,1-2H3,(H,25,28)/t20-/m1/s1. The molecule has 1 amide bonds. The molecule has 4 rings (SSSR count). The molecule has 1 aliphatic rings. The molecule has 3 heterocycles. The summed E-state index contributed by atoms with van der Waals surface area (Å²) in [5.74, 6) is 1.34. The molecule has 7 heteroatoms. The highest BCUT2D eigenvalue weighted by molar-refractivity contribution is 7.10. The molecule has 0 bridgehead atoms. The first-order valence-corrected chi connectivity index (χ1v) is 11.6. The van der Waals surface area contributed by atoms with E-state index < -0.39 is 0 Å². The molecule has 164 valence electrons. The molecule has 3 aromatic rings. The zero-order valence-corrected chi connectivity index (χ0v) is 18.9. The van der Waals surface area contributed by atoms with Crippen LogP contribution in [-0.2, 0) is 16.0 Å². The summed E-state index contributed by atoms with van der Waals surface area (Å²) in [4.78, 5) is 20.5. The quantitative estimate of drug-likeness (QED) is 0.571. The Morgan fingerprint density at radius 1 is 1.23 bits per heavy atom. The average Bonchev–Trinajstić information content (AvgIpc) is 3.48. The minimum Gasteiger partial charge on any atom is -0.441 e. The van der Waals surface area contributed by atoms with E-state index in [1.807, 2.05) is 6.07 Å². The van der Waals surface area contributed by atoms with E-state index in [2.05, 4.69) is 58.7 Å². The molecule has 0 aliphatic carbocycles. The zero-order chi connectivity index (χ0) is 21.6. The number of hydrogen-bond donors (Lipinski definition) is 1. The van der Waals surface area contributed by atoms with Crippen molar-refractivity contribution in [2.45, 2.75) is 32.7 Å². The molecule has 1 aliphatic heterocycles. The van der Waals surface area contributed by atoms with E-state index in [1.165, 1.54) is 16.0 Å². The number of oxazole rings is 1. The molecule has 1 fully saturated rings. The molecular formula is C24H29N3O3S. The SMILES string of the molecule is Cc1ccc(-c2cnc(CCC(=O)NC[C@H](c3cccs3)N3CCOCC3)o2)cc1C. The van der Waals surface area contributed by atoms with E-state index >= 15 is 0 Å². The number of nitrogens with one attached hydrogen (secondary N) is 1. The zero-order valence-electron chi connectivity index (χ0n) is 18.1. The Morgan fingerprint density at radius 2 is 2.06 bits per heavy atom. The average molecular weight is 440 g/mol. The predicted molar refractivity (Wildman–Crippen MR) is 122 cm³/mol. The number of hydrogen-bond acceptors (Lipinski definition) is 6. The molecule has 1 atom stereocenters. The molecule has 0 spiro atoms. The topological polar surface area (TPSA) is 67.6 Å². The normalized spacial score (nSPS) is 15.7. The van der Waals surface area contributed by atoms with E-state index in [9.17, 15) is 4.79 Å². The summed E-state index contributed by atoms with van der Waals surface area (Å²) in [7, 11) is 0. The fourth-order valence-electron chi connectivity index (χ4n) is 3.75. The summed E-state index contributed by atoms with van der Waals surface area (Å²) >= 11 is 1.73. The number of carbonyl (C=O) groups excluding carboxylic acids is 1. The Labute approximate surface area is 187 Å². The van der Waals surface area contributed by atoms with Crippen molar-refractivity contribution in [3.8, 4) is 11.3 Å². The van der Waals surface area contributed by atoms with Gasteiger partial charge in [0.2, 0.25) is 5.91 Å². The Balaban J connectivity index is 1.30. The van der Waals surface area contributed by atoms with Gasteiger partial charge < -0.3 is 14.5 Å². The van der Waals surface area contributed by atoms with E-state index in [-0.39, 0.29) is 11.9 Å². The van der Waals surface area contributed by atoms with Crippen LogP contribution in [0.4, 0.5) is 0 Å². The number of benzene rings is 1. The monoisotopic (exact) mass is 439 g/mol. The van der Waals surface area contributed by atoms with Crippen LogP contribution >= 0.6 is 11.3 Å². The van der Waals surface area contributed by atoms with Gasteiger partial charge in [0.15, 0.2) is 11.7 Å². The molecule has 2 aromatic heterocycles. The highest BCUT2D eigenvalue weighted by Crippen LogP contribution is 2.26. The molecule has 6 nitrogen and oxygen atoms in total. The van der Waals surface area contributed by atoms with Crippen LogP contribution in [0.25, 0.3) is 11.3 Å². The van der Waals surface area contributed by atoms with Gasteiger partial charge in [0, 0.05) is 42.9 Å². The van der Waals surface area contributed by atoms with Crippen molar-refractivity contribution in [3.05, 3.63) is 63.8 Å². The van der Waals surface area contributed by atoms with Gasteiger partial charge >= 0.3 is 0 Å². The highest BCUT2D eigenvalue weighted by atomic mass is 32.1. The molecule has 0 saturated carbocycles. The number of aryl methyl sites for hydroxylation is 3. The number of ether oxygens (including phenoxy) is 1. The lowest BCUT2D eigenvalue weighted by molar-refractivity contribution is -0.121. The van der Waals surface area contributed by atoms with Crippen LogP contribution in [0.15, 0.2) is 46.3 Å². The number of aromatic nitrogens is 1. The Bertz CT molecular complexity index is 993. The fourth-order valence-corrected chi connectivity index (χ4v) is 4.61. The first kappa shape index (κ1) is 21.7. The smallest absolute Gasteiger partial charge is 0.220 e. The largest absolute Gasteiger partial charge is 0.441 e. The maximum Gasteiger partial charge on any atom is 0.220 e. The molecule has 31 heavy (non-hydrogen) atoms. The molecular weight excluding hydrogens is 410 g/mol. The van der Waals surface area contributed by atoms with Gasteiger partial charge in [-0.2, -0.15) is 0 Å². The maximum absolute atomic E-state index is 12.5. The lowest BCUT2D eigenvalue weighted by Gasteiger charge is -2.34. The lowest BCUT2D eigenvalue weighted by Crippen LogP contribution is -2.43. The molecule has 0 unspecified atom stereocenters. The minimum absolute atomic E-state index is 0.0146. The molecule has 1 saturated heterocycles. The lowest BCUT2D eigenvalue weighted by atomic mass is 10.1. The third-order valence-electron chi connectivity index (χ3n) is 5.76. The van der Waals surface area contributed by atoms with Crippen molar-refractivity contribution in [2.24, 2.45) is 0 Å². The first-order valence-electron chi connectivity index (χ1n) is 10.7. The first-order chi connectivity index (χ1) is 15.1. The number of thiophene rings is 1. The Morgan fingerprint density at radius 3 is 2.81 bits per heavy atom. The Hall–Kier alpha value is -2.48. The summed E-state index contributed by atoms with van der Waals surface area (Å²) in [5.41, 5.74) is 3.48. The van der Waals surface area contributed by atoms with Gasteiger partial charge in [0.25, 0.3) is 0 Å². The van der Waals surface area contributed by atoms with Crippen LogP contribution in [0, 0.1) is 13.8 Å². The second-order valence-electron chi connectivity index (χ2n) is 7.90. The van der Waals surface area contributed by atoms with Gasteiger partial charge in [-0.3, -0.25) is 9.69 Å². The third kappa shape index (κ3) is 5.61. The summed E-state index contributed by atoms with van der Waals surface area (Å²) in [6.45, 7) is 8.02. The van der Waals surface area contributed by atoms with Crippen molar-refractivity contribution in [1.29, 1.82) is 0 Å². The molecule has 1 N–H and O–H groups in total. The van der Waals surface area contributed by atoms with Gasteiger partial charge in [-0.05, 0) is 42.5 Å². The van der Waals surface area contributed by atoms with Crippen LogP contribution in [0.3, 0.4) is 0 Å². The Kier molecular flexibility index (Phi) is 7.17. The van der Waals surface area contributed by atoms with E-state index in [1.54, 1.807) is 17.5 Å². The van der Waals surface area contributed by atoms with Crippen molar-refractivity contribution in [2.75, 3.05) is 32.8 Å². The van der Waals surface area contributed by atoms with Crippen molar-refractivity contribution in [3.63, 3.8) is 0 Å². The third-order valence-corrected chi connectivity index (χ3v) is 6.74. The van der Waals surface area contributed by atoms with Crippen LogP contribution in [0.5, 0.6) is 0 Å². The summed E-state index contributed by atoms with van der Waals surface area (Å²) in [6.07, 6.45) is 2.58. The van der Waals surface area contributed by atoms with Crippen molar-refractivity contribution < 1.29 is 13.9 Å². The van der Waals surface area contributed by atoms with Gasteiger partial charge in [0.05, 0.1) is 25.5 Å². The van der Waals surface area contributed by atoms with Gasteiger partial charge in [-0.25, -0.2) is 4.98 Å². The van der Waals surface area contributed by atoms with Crippen LogP contribution in [0.1, 0.15) is 34.4 Å². The van der Waals surface area contributed by atoms with Gasteiger partial charge in [0.1, 0.15) is 0 Å².